The SMILES string of the molecule is COC(=O)C(=O)[C@@H](NC(=O)[C@@H]1CCCN1C(=O)[C@@H](NC(=O)OCc1ccccc1)C(C)C)C(C)C. The number of methoxy groups -OCH3 is 1. The van der Waals surface area contributed by atoms with E-state index < -0.39 is 47.8 Å². The number of hydrogen-bond acceptors (Lipinski definition) is 7. The van der Waals surface area contributed by atoms with Gasteiger partial charge in [0.1, 0.15) is 24.7 Å². The van der Waals surface area contributed by atoms with Crippen molar-refractivity contribution in [3.8, 4) is 0 Å². The summed E-state index contributed by atoms with van der Waals surface area (Å²) in [5.74, 6) is -3.45. The first kappa shape index (κ1) is 27.8. The van der Waals surface area contributed by atoms with E-state index in [2.05, 4.69) is 15.4 Å². The van der Waals surface area contributed by atoms with Gasteiger partial charge in [-0.25, -0.2) is 9.59 Å². The number of amides is 3. The lowest BCUT2D eigenvalue weighted by Crippen LogP contribution is -2.57. The molecule has 10 nitrogen and oxygen atoms in total. The molecule has 0 saturated carbocycles. The first-order chi connectivity index (χ1) is 16.6. The second-order valence-electron chi connectivity index (χ2n) is 9.20. The minimum atomic E-state index is -1.07. The van der Waals surface area contributed by atoms with Gasteiger partial charge in [-0.2, -0.15) is 0 Å². The molecule has 192 valence electrons. The summed E-state index contributed by atoms with van der Waals surface area (Å²) in [6.07, 6.45) is 0.257. The van der Waals surface area contributed by atoms with Crippen molar-refractivity contribution in [1.29, 1.82) is 0 Å². The quantitative estimate of drug-likeness (QED) is 0.378. The Balaban J connectivity index is 2.06. The van der Waals surface area contributed by atoms with Crippen molar-refractivity contribution in [3.63, 3.8) is 0 Å². The highest BCUT2D eigenvalue weighted by atomic mass is 16.5. The molecule has 1 aromatic rings. The van der Waals surface area contributed by atoms with Crippen LogP contribution in [0.15, 0.2) is 30.3 Å². The van der Waals surface area contributed by atoms with Crippen LogP contribution in [-0.4, -0.2) is 66.3 Å². The number of carbonyl (C=O) groups excluding carboxylic acids is 5. The van der Waals surface area contributed by atoms with Gasteiger partial charge in [0, 0.05) is 6.54 Å². The van der Waals surface area contributed by atoms with Gasteiger partial charge in [-0.15, -0.1) is 0 Å². The van der Waals surface area contributed by atoms with Crippen LogP contribution in [0.3, 0.4) is 0 Å². The Bertz CT molecular complexity index is 917. The van der Waals surface area contributed by atoms with Crippen LogP contribution in [0, 0.1) is 11.8 Å². The van der Waals surface area contributed by atoms with Crippen molar-refractivity contribution in [2.24, 2.45) is 11.8 Å². The normalized spacial score (nSPS) is 17.0. The van der Waals surface area contributed by atoms with Crippen LogP contribution in [0.5, 0.6) is 0 Å². The van der Waals surface area contributed by atoms with Crippen molar-refractivity contribution < 1.29 is 33.4 Å². The van der Waals surface area contributed by atoms with Gasteiger partial charge < -0.3 is 25.0 Å². The number of nitrogens with one attached hydrogen (secondary N) is 2. The van der Waals surface area contributed by atoms with E-state index in [9.17, 15) is 24.0 Å². The molecule has 1 aromatic carbocycles. The molecule has 1 fully saturated rings. The lowest BCUT2D eigenvalue weighted by atomic mass is 9.98. The number of alkyl carbamates (subject to hydrolysis) is 1. The largest absolute Gasteiger partial charge is 0.463 e. The van der Waals surface area contributed by atoms with E-state index in [0.717, 1.165) is 12.7 Å². The third-order valence-electron chi connectivity index (χ3n) is 5.89. The second-order valence-corrected chi connectivity index (χ2v) is 9.20. The van der Waals surface area contributed by atoms with Gasteiger partial charge in [-0.05, 0) is 30.2 Å². The van der Waals surface area contributed by atoms with Crippen molar-refractivity contribution in [2.45, 2.75) is 65.3 Å². The number of Topliss-reactive ketones (excluding diaryl/α,β-unsaturated/α-hetero) is 1. The Labute approximate surface area is 205 Å². The number of benzene rings is 1. The van der Waals surface area contributed by atoms with E-state index in [0.29, 0.717) is 19.4 Å². The van der Waals surface area contributed by atoms with E-state index in [-0.39, 0.29) is 18.4 Å². The Morgan fingerprint density at radius 1 is 0.971 bits per heavy atom. The average molecular weight is 490 g/mol. The molecule has 1 aliphatic heterocycles. The highest BCUT2D eigenvalue weighted by molar-refractivity contribution is 6.36. The standard InChI is InChI=1S/C25H35N3O7/c1-15(2)19(21(29)24(32)34-5)26-22(30)18-12-9-13-28(18)23(31)20(16(3)4)27-25(33)35-14-17-10-7-6-8-11-17/h6-8,10-11,15-16,18-20H,9,12-14H2,1-5H3,(H,26,30)(H,27,33)/t18-,19-,20-/m0/s1. The maximum atomic E-state index is 13.4. The van der Waals surface area contributed by atoms with E-state index >= 15 is 0 Å². The van der Waals surface area contributed by atoms with Gasteiger partial charge in [0.15, 0.2) is 0 Å². The minimum Gasteiger partial charge on any atom is -0.463 e. The lowest BCUT2D eigenvalue weighted by molar-refractivity contribution is -0.153. The van der Waals surface area contributed by atoms with Gasteiger partial charge in [-0.3, -0.25) is 14.4 Å². The van der Waals surface area contributed by atoms with Gasteiger partial charge in [0.05, 0.1) is 7.11 Å². The Morgan fingerprint density at radius 2 is 1.60 bits per heavy atom. The van der Waals surface area contributed by atoms with Gasteiger partial charge >= 0.3 is 12.1 Å². The highest BCUT2D eigenvalue weighted by Crippen LogP contribution is 2.21. The molecule has 0 aromatic heterocycles. The number of esters is 1. The average Bonchev–Trinajstić information content (AvgIpc) is 3.33. The zero-order valence-electron chi connectivity index (χ0n) is 20.9. The van der Waals surface area contributed by atoms with Gasteiger partial charge in [-0.1, -0.05) is 58.0 Å². The molecule has 0 aliphatic carbocycles. The summed E-state index contributed by atoms with van der Waals surface area (Å²) in [4.78, 5) is 64.2. The number of carbonyl (C=O) groups is 5. The first-order valence-corrected chi connectivity index (χ1v) is 11.8. The molecule has 3 amide bonds. The van der Waals surface area contributed by atoms with E-state index in [1.165, 1.54) is 4.90 Å². The van der Waals surface area contributed by atoms with Crippen LogP contribution in [0.1, 0.15) is 46.1 Å². The summed E-state index contributed by atoms with van der Waals surface area (Å²) in [7, 11) is 1.10. The molecule has 35 heavy (non-hydrogen) atoms. The molecular formula is C25H35N3O7. The van der Waals surface area contributed by atoms with Crippen molar-refractivity contribution in [2.75, 3.05) is 13.7 Å². The van der Waals surface area contributed by atoms with Crippen LogP contribution in [0.25, 0.3) is 0 Å². The molecule has 1 aliphatic rings. The predicted octanol–water partition coefficient (Wildman–Crippen LogP) is 1.81. The molecule has 0 unspecified atom stereocenters. The molecule has 2 N–H and O–H groups in total. The van der Waals surface area contributed by atoms with Gasteiger partial charge in [0.2, 0.25) is 11.8 Å². The summed E-state index contributed by atoms with van der Waals surface area (Å²) < 4.78 is 9.75. The fourth-order valence-corrected chi connectivity index (χ4v) is 3.90. The van der Waals surface area contributed by atoms with Crippen molar-refractivity contribution in [1.82, 2.24) is 15.5 Å². The second kappa shape index (κ2) is 12.9. The molecule has 0 spiro atoms. The maximum absolute atomic E-state index is 13.4. The molecule has 1 saturated heterocycles. The molecule has 0 radical (unpaired) electrons. The molecule has 0 bridgehead atoms. The van der Waals surface area contributed by atoms with Gasteiger partial charge in [0.25, 0.3) is 5.78 Å². The zero-order valence-corrected chi connectivity index (χ0v) is 20.9. The summed E-state index contributed by atoms with van der Waals surface area (Å²) in [5.41, 5.74) is 0.813. The third-order valence-corrected chi connectivity index (χ3v) is 5.89. The lowest BCUT2D eigenvalue weighted by Gasteiger charge is -2.31. The zero-order chi connectivity index (χ0) is 26.1. The molecule has 3 atom stereocenters. The summed E-state index contributed by atoms with van der Waals surface area (Å²) in [5, 5.41) is 5.23. The fourth-order valence-electron chi connectivity index (χ4n) is 3.90. The number of nitrogens with zero attached hydrogens (tertiary/aromatic N) is 1. The maximum Gasteiger partial charge on any atom is 0.408 e. The van der Waals surface area contributed by atoms with Crippen LogP contribution in [0.2, 0.25) is 0 Å². The molecule has 1 heterocycles. The predicted molar refractivity (Wildman–Crippen MR) is 127 cm³/mol. The van der Waals surface area contributed by atoms with Crippen molar-refractivity contribution >= 4 is 29.7 Å². The van der Waals surface area contributed by atoms with E-state index in [1.54, 1.807) is 27.7 Å². The summed E-state index contributed by atoms with van der Waals surface area (Å²) in [6, 6.07) is 6.37. The number of ketones is 1. The third kappa shape index (κ3) is 7.53. The summed E-state index contributed by atoms with van der Waals surface area (Å²) in [6.45, 7) is 7.36. The van der Waals surface area contributed by atoms with Crippen LogP contribution >= 0.6 is 0 Å². The summed E-state index contributed by atoms with van der Waals surface area (Å²) >= 11 is 0. The number of likely N-dealkylation sites (tertiary alicyclic amines) is 1. The monoisotopic (exact) mass is 489 g/mol. The van der Waals surface area contributed by atoms with Crippen molar-refractivity contribution in [3.05, 3.63) is 35.9 Å². The first-order valence-electron chi connectivity index (χ1n) is 11.8. The topological polar surface area (TPSA) is 131 Å². The highest BCUT2D eigenvalue weighted by Gasteiger charge is 2.40. The number of ether oxygens (including phenoxy) is 2. The van der Waals surface area contributed by atoms with Crippen LogP contribution in [-0.2, 0) is 35.3 Å². The van der Waals surface area contributed by atoms with E-state index in [4.69, 9.17) is 4.74 Å². The Hall–Kier alpha value is -3.43. The Kier molecular flexibility index (Phi) is 10.2. The minimum absolute atomic E-state index is 0.0608. The van der Waals surface area contributed by atoms with E-state index in [1.807, 2.05) is 30.3 Å². The van der Waals surface area contributed by atoms with Crippen LogP contribution < -0.4 is 10.6 Å². The fraction of sp³-hybridized carbons (Fsp3) is 0.560. The molecular weight excluding hydrogens is 454 g/mol. The number of rotatable bonds is 10. The molecule has 10 heteroatoms. The smallest absolute Gasteiger partial charge is 0.408 e. The Morgan fingerprint density at radius 3 is 2.17 bits per heavy atom. The number of hydrogen-bond donors (Lipinski definition) is 2. The molecule has 2 rings (SSSR count). The van der Waals surface area contributed by atoms with Crippen LogP contribution in [0.4, 0.5) is 4.79 Å².